The largest absolute Gasteiger partial charge is 0.496 e. The Kier molecular flexibility index (Phi) is 4.43. The van der Waals surface area contributed by atoms with Crippen molar-refractivity contribution >= 4 is 5.97 Å². The highest BCUT2D eigenvalue weighted by Gasteiger charge is 2.31. The predicted molar refractivity (Wildman–Crippen MR) is 73.6 cm³/mol. The SMILES string of the molecule is CCc1ccc(OC)c(C(C(=O)O)N2CCCC2)c1. The lowest BCUT2D eigenvalue weighted by atomic mass is 10.0. The second-order valence-corrected chi connectivity index (χ2v) is 4.91. The number of ether oxygens (including phenoxy) is 1. The van der Waals surface area contributed by atoms with Crippen LogP contribution in [0.5, 0.6) is 5.75 Å². The van der Waals surface area contributed by atoms with Gasteiger partial charge in [-0.3, -0.25) is 9.69 Å². The highest BCUT2D eigenvalue weighted by Crippen LogP contribution is 2.32. The minimum atomic E-state index is -0.798. The zero-order valence-corrected chi connectivity index (χ0v) is 11.6. The van der Waals surface area contributed by atoms with Gasteiger partial charge in [0.15, 0.2) is 0 Å². The van der Waals surface area contributed by atoms with Gasteiger partial charge in [0.1, 0.15) is 11.8 Å². The van der Waals surface area contributed by atoms with Crippen LogP contribution in [0.4, 0.5) is 0 Å². The van der Waals surface area contributed by atoms with Crippen LogP contribution in [-0.2, 0) is 11.2 Å². The third kappa shape index (κ3) is 2.89. The Balaban J connectivity index is 2.41. The summed E-state index contributed by atoms with van der Waals surface area (Å²) in [5.74, 6) is -0.134. The molecule has 2 rings (SSSR count). The average Bonchev–Trinajstić information content (AvgIpc) is 2.92. The van der Waals surface area contributed by atoms with Gasteiger partial charge in [0, 0.05) is 5.56 Å². The number of benzene rings is 1. The van der Waals surface area contributed by atoms with E-state index in [9.17, 15) is 9.90 Å². The van der Waals surface area contributed by atoms with Crippen molar-refractivity contribution in [3.8, 4) is 5.75 Å². The van der Waals surface area contributed by atoms with Crippen LogP contribution in [0.2, 0.25) is 0 Å². The Labute approximate surface area is 114 Å². The van der Waals surface area contributed by atoms with E-state index in [2.05, 4.69) is 6.92 Å². The number of rotatable bonds is 5. The van der Waals surface area contributed by atoms with Gasteiger partial charge in [-0.15, -0.1) is 0 Å². The van der Waals surface area contributed by atoms with E-state index in [1.54, 1.807) is 7.11 Å². The second-order valence-electron chi connectivity index (χ2n) is 4.91. The fraction of sp³-hybridized carbons (Fsp3) is 0.533. The first-order valence-corrected chi connectivity index (χ1v) is 6.81. The van der Waals surface area contributed by atoms with Gasteiger partial charge in [-0.05, 0) is 50.0 Å². The van der Waals surface area contributed by atoms with Crippen LogP contribution in [0.15, 0.2) is 18.2 Å². The Morgan fingerprint density at radius 2 is 2.11 bits per heavy atom. The molecule has 0 saturated carbocycles. The Bertz CT molecular complexity index is 453. The summed E-state index contributed by atoms with van der Waals surface area (Å²) < 4.78 is 5.35. The zero-order valence-electron chi connectivity index (χ0n) is 11.6. The van der Waals surface area contributed by atoms with E-state index in [1.165, 1.54) is 0 Å². The van der Waals surface area contributed by atoms with Crippen molar-refractivity contribution < 1.29 is 14.6 Å². The summed E-state index contributed by atoms with van der Waals surface area (Å²) in [4.78, 5) is 13.7. The number of carboxylic acids is 1. The van der Waals surface area contributed by atoms with Crippen LogP contribution in [0.1, 0.15) is 36.9 Å². The van der Waals surface area contributed by atoms with Crippen molar-refractivity contribution in [2.24, 2.45) is 0 Å². The maximum absolute atomic E-state index is 11.7. The van der Waals surface area contributed by atoms with Gasteiger partial charge in [0.2, 0.25) is 0 Å². The fourth-order valence-electron chi connectivity index (χ4n) is 2.70. The van der Waals surface area contributed by atoms with Crippen molar-refractivity contribution in [3.05, 3.63) is 29.3 Å². The molecule has 0 spiro atoms. The van der Waals surface area contributed by atoms with Crippen molar-refractivity contribution in [2.75, 3.05) is 20.2 Å². The molecule has 0 aliphatic carbocycles. The summed E-state index contributed by atoms with van der Waals surface area (Å²) in [6.45, 7) is 3.75. The molecule has 1 unspecified atom stereocenters. The molecule has 1 aromatic rings. The molecule has 4 nitrogen and oxygen atoms in total. The average molecular weight is 263 g/mol. The molecule has 4 heteroatoms. The summed E-state index contributed by atoms with van der Waals surface area (Å²) in [6, 6.07) is 5.24. The number of carbonyl (C=O) groups is 1. The third-order valence-corrected chi connectivity index (χ3v) is 3.74. The fourth-order valence-corrected chi connectivity index (χ4v) is 2.70. The quantitative estimate of drug-likeness (QED) is 0.886. The monoisotopic (exact) mass is 263 g/mol. The van der Waals surface area contributed by atoms with Crippen LogP contribution >= 0.6 is 0 Å². The van der Waals surface area contributed by atoms with Gasteiger partial charge < -0.3 is 9.84 Å². The standard InChI is InChI=1S/C15H21NO3/c1-3-11-6-7-13(19-2)12(10-11)14(15(17)18)16-8-4-5-9-16/h6-7,10,14H,3-5,8-9H2,1-2H3,(H,17,18). The van der Waals surface area contributed by atoms with E-state index in [-0.39, 0.29) is 0 Å². The van der Waals surface area contributed by atoms with E-state index >= 15 is 0 Å². The third-order valence-electron chi connectivity index (χ3n) is 3.74. The Morgan fingerprint density at radius 1 is 1.42 bits per heavy atom. The first kappa shape index (κ1) is 13.9. The number of aliphatic carboxylic acids is 1. The van der Waals surface area contributed by atoms with Gasteiger partial charge >= 0.3 is 5.97 Å². The molecule has 1 atom stereocenters. The minimum Gasteiger partial charge on any atom is -0.496 e. The molecule has 1 aliphatic heterocycles. The molecule has 1 N–H and O–H groups in total. The maximum Gasteiger partial charge on any atom is 0.325 e. The summed E-state index contributed by atoms with van der Waals surface area (Å²) in [5, 5.41) is 9.57. The van der Waals surface area contributed by atoms with Crippen molar-refractivity contribution in [1.82, 2.24) is 4.90 Å². The Morgan fingerprint density at radius 3 is 2.63 bits per heavy atom. The summed E-state index contributed by atoms with van der Waals surface area (Å²) in [7, 11) is 1.59. The number of nitrogens with zero attached hydrogens (tertiary/aromatic N) is 1. The lowest BCUT2D eigenvalue weighted by Crippen LogP contribution is -2.32. The first-order valence-electron chi connectivity index (χ1n) is 6.81. The van der Waals surface area contributed by atoms with E-state index in [4.69, 9.17) is 4.74 Å². The van der Waals surface area contributed by atoms with Crippen LogP contribution in [0.3, 0.4) is 0 Å². The molecule has 0 radical (unpaired) electrons. The molecule has 1 heterocycles. The van der Waals surface area contributed by atoms with Gasteiger partial charge in [0.25, 0.3) is 0 Å². The van der Waals surface area contributed by atoms with Gasteiger partial charge in [0.05, 0.1) is 7.11 Å². The molecular weight excluding hydrogens is 242 g/mol. The molecule has 1 aliphatic rings. The molecule has 0 aromatic heterocycles. The molecule has 1 aromatic carbocycles. The van der Waals surface area contributed by atoms with E-state index in [0.29, 0.717) is 5.75 Å². The predicted octanol–water partition coefficient (Wildman–Crippen LogP) is 2.48. The highest BCUT2D eigenvalue weighted by atomic mass is 16.5. The second kappa shape index (κ2) is 6.06. The van der Waals surface area contributed by atoms with Crippen LogP contribution in [-0.4, -0.2) is 36.2 Å². The molecule has 1 fully saturated rings. The number of likely N-dealkylation sites (tertiary alicyclic amines) is 1. The van der Waals surface area contributed by atoms with Gasteiger partial charge in [-0.2, -0.15) is 0 Å². The maximum atomic E-state index is 11.7. The normalized spacial score (nSPS) is 17.4. The summed E-state index contributed by atoms with van der Waals surface area (Å²) in [5.41, 5.74) is 1.91. The lowest BCUT2D eigenvalue weighted by molar-refractivity contribution is -0.143. The first-order chi connectivity index (χ1) is 9.17. The van der Waals surface area contributed by atoms with Gasteiger partial charge in [-0.25, -0.2) is 0 Å². The smallest absolute Gasteiger partial charge is 0.325 e. The van der Waals surface area contributed by atoms with Crippen LogP contribution in [0.25, 0.3) is 0 Å². The molecule has 0 bridgehead atoms. The van der Waals surface area contributed by atoms with Crippen molar-refractivity contribution in [3.63, 3.8) is 0 Å². The van der Waals surface area contributed by atoms with Crippen molar-refractivity contribution in [1.29, 1.82) is 0 Å². The van der Waals surface area contributed by atoms with Gasteiger partial charge in [-0.1, -0.05) is 13.0 Å². The van der Waals surface area contributed by atoms with E-state index in [0.717, 1.165) is 43.5 Å². The number of carboxylic acid groups (broad SMARTS) is 1. The van der Waals surface area contributed by atoms with E-state index < -0.39 is 12.0 Å². The highest BCUT2D eigenvalue weighted by molar-refractivity contribution is 5.77. The molecule has 0 amide bonds. The number of methoxy groups -OCH3 is 1. The summed E-state index contributed by atoms with van der Waals surface area (Å²) >= 11 is 0. The lowest BCUT2D eigenvalue weighted by Gasteiger charge is -2.25. The molecule has 19 heavy (non-hydrogen) atoms. The van der Waals surface area contributed by atoms with Crippen LogP contribution < -0.4 is 4.74 Å². The Hall–Kier alpha value is -1.55. The number of hydrogen-bond donors (Lipinski definition) is 1. The zero-order chi connectivity index (χ0) is 13.8. The number of aryl methyl sites for hydroxylation is 1. The van der Waals surface area contributed by atoms with E-state index in [1.807, 2.05) is 23.1 Å². The summed E-state index contributed by atoms with van der Waals surface area (Å²) in [6.07, 6.45) is 3.03. The topological polar surface area (TPSA) is 49.8 Å². The molecular formula is C15H21NO3. The number of hydrogen-bond acceptors (Lipinski definition) is 3. The van der Waals surface area contributed by atoms with Crippen LogP contribution in [0, 0.1) is 0 Å². The molecule has 104 valence electrons. The minimum absolute atomic E-state index is 0.594. The van der Waals surface area contributed by atoms with Crippen molar-refractivity contribution in [2.45, 2.75) is 32.2 Å². The molecule has 1 saturated heterocycles.